The Bertz CT molecular complexity index is 1140. The standard InChI is InChI=1S/C20H12N2O3/c21-19(24)11-6-5-10-15-12-7-13(16(11)17(10)20(22)25)18(23)14(15)9-3-1-8(12)2-4-9/h1-7,23H,(H2,21,24)(H2,22,25). The molecule has 2 amide bonds. The molecule has 0 spiro atoms. The Balaban J connectivity index is 2.08. The first-order chi connectivity index (χ1) is 12.0. The Morgan fingerprint density at radius 2 is 1.40 bits per heavy atom. The molecule has 5 nitrogen and oxygen atoms in total. The molecule has 5 heteroatoms. The Morgan fingerprint density at radius 3 is 2.04 bits per heavy atom. The van der Waals surface area contributed by atoms with E-state index in [0.29, 0.717) is 22.3 Å². The molecule has 0 heterocycles. The normalized spacial score (nSPS) is 12.0. The van der Waals surface area contributed by atoms with Crippen LogP contribution in [-0.4, -0.2) is 16.9 Å². The van der Waals surface area contributed by atoms with Gasteiger partial charge in [0.05, 0.1) is 5.56 Å². The van der Waals surface area contributed by atoms with E-state index in [1.165, 1.54) is 0 Å². The maximum Gasteiger partial charge on any atom is 0.249 e. The van der Waals surface area contributed by atoms with Crippen LogP contribution in [0, 0.1) is 0 Å². The van der Waals surface area contributed by atoms with E-state index in [9.17, 15) is 14.7 Å². The number of hydrogen-bond acceptors (Lipinski definition) is 3. The number of carbonyl (C=O) groups excluding carboxylic acids is 2. The quantitative estimate of drug-likeness (QED) is 0.464. The molecule has 8 bridgehead atoms. The Hall–Kier alpha value is -3.60. The monoisotopic (exact) mass is 328 g/mol. The number of hydrogen-bond donors (Lipinski definition) is 3. The molecule has 0 atom stereocenters. The molecule has 0 fully saturated rings. The molecule has 0 saturated carbocycles. The fraction of sp³-hybridized carbons (Fsp3) is 0. The lowest BCUT2D eigenvalue weighted by atomic mass is 9.91. The summed E-state index contributed by atoms with van der Waals surface area (Å²) in [6.07, 6.45) is 0. The third kappa shape index (κ3) is 1.52. The molecule has 0 aliphatic heterocycles. The van der Waals surface area contributed by atoms with Crippen LogP contribution in [0.1, 0.15) is 20.7 Å². The van der Waals surface area contributed by atoms with Crippen molar-refractivity contribution in [1.82, 2.24) is 0 Å². The van der Waals surface area contributed by atoms with E-state index in [2.05, 4.69) is 0 Å². The molecule has 120 valence electrons. The van der Waals surface area contributed by atoms with Crippen molar-refractivity contribution >= 4 is 11.8 Å². The molecule has 3 aromatic carbocycles. The number of rotatable bonds is 2. The Labute approximate surface area is 142 Å². The van der Waals surface area contributed by atoms with Crippen LogP contribution < -0.4 is 11.5 Å². The van der Waals surface area contributed by atoms with Crippen LogP contribution in [0.5, 0.6) is 5.75 Å². The summed E-state index contributed by atoms with van der Waals surface area (Å²) in [6.45, 7) is 0. The van der Waals surface area contributed by atoms with Crippen LogP contribution in [-0.2, 0) is 0 Å². The van der Waals surface area contributed by atoms with Gasteiger partial charge >= 0.3 is 0 Å². The minimum absolute atomic E-state index is 0.0254. The van der Waals surface area contributed by atoms with E-state index in [-0.39, 0.29) is 16.9 Å². The number of phenolic OH excluding ortho intramolecular Hbond substituents is 1. The van der Waals surface area contributed by atoms with Gasteiger partial charge in [0.25, 0.3) is 0 Å². The maximum absolute atomic E-state index is 12.2. The van der Waals surface area contributed by atoms with Crippen LogP contribution in [0.2, 0.25) is 0 Å². The van der Waals surface area contributed by atoms with Gasteiger partial charge in [-0.15, -0.1) is 0 Å². The highest BCUT2D eigenvalue weighted by Gasteiger charge is 2.34. The molecule has 7 rings (SSSR count). The predicted molar refractivity (Wildman–Crippen MR) is 94.0 cm³/mol. The summed E-state index contributed by atoms with van der Waals surface area (Å²) >= 11 is 0. The smallest absolute Gasteiger partial charge is 0.249 e. The van der Waals surface area contributed by atoms with Crippen molar-refractivity contribution in [2.75, 3.05) is 0 Å². The van der Waals surface area contributed by atoms with Gasteiger partial charge in [-0.05, 0) is 34.4 Å². The zero-order chi connectivity index (χ0) is 17.5. The first-order valence-corrected chi connectivity index (χ1v) is 7.77. The van der Waals surface area contributed by atoms with Gasteiger partial charge in [0.2, 0.25) is 11.8 Å². The molecule has 3 aromatic rings. The zero-order valence-electron chi connectivity index (χ0n) is 13.0. The van der Waals surface area contributed by atoms with Crippen molar-refractivity contribution in [3.8, 4) is 50.3 Å². The second-order valence-electron chi connectivity index (χ2n) is 6.29. The van der Waals surface area contributed by atoms with E-state index < -0.39 is 11.8 Å². The van der Waals surface area contributed by atoms with Gasteiger partial charge < -0.3 is 16.6 Å². The molecule has 4 aliphatic rings. The van der Waals surface area contributed by atoms with Crippen molar-refractivity contribution < 1.29 is 14.7 Å². The highest BCUT2D eigenvalue weighted by Crippen LogP contribution is 2.56. The zero-order valence-corrected chi connectivity index (χ0v) is 13.0. The molecule has 0 aromatic heterocycles. The van der Waals surface area contributed by atoms with Gasteiger partial charge in [0.1, 0.15) is 5.75 Å². The van der Waals surface area contributed by atoms with Gasteiger partial charge in [-0.3, -0.25) is 9.59 Å². The lowest BCUT2D eigenvalue weighted by Gasteiger charge is -2.13. The average Bonchev–Trinajstić information content (AvgIpc) is 2.86. The fourth-order valence-corrected chi connectivity index (χ4v) is 4.02. The molecule has 25 heavy (non-hydrogen) atoms. The van der Waals surface area contributed by atoms with Crippen molar-refractivity contribution in [3.63, 3.8) is 0 Å². The molecular weight excluding hydrogens is 316 g/mol. The van der Waals surface area contributed by atoms with E-state index in [4.69, 9.17) is 11.5 Å². The molecule has 4 aliphatic carbocycles. The second kappa shape index (κ2) is 4.27. The lowest BCUT2D eigenvalue weighted by molar-refractivity contribution is 0.0999. The highest BCUT2D eigenvalue weighted by molar-refractivity contribution is 6.19. The van der Waals surface area contributed by atoms with Crippen molar-refractivity contribution in [3.05, 3.63) is 53.6 Å². The van der Waals surface area contributed by atoms with Crippen LogP contribution >= 0.6 is 0 Å². The van der Waals surface area contributed by atoms with Crippen molar-refractivity contribution in [2.45, 2.75) is 0 Å². The van der Waals surface area contributed by atoms with Gasteiger partial charge in [-0.2, -0.15) is 0 Å². The number of benzene rings is 3. The number of phenols is 1. The third-order valence-corrected chi connectivity index (χ3v) is 5.04. The predicted octanol–water partition coefficient (Wildman–Crippen LogP) is 2.88. The van der Waals surface area contributed by atoms with Crippen LogP contribution in [0.25, 0.3) is 44.5 Å². The van der Waals surface area contributed by atoms with Crippen LogP contribution in [0.4, 0.5) is 0 Å². The van der Waals surface area contributed by atoms with Gasteiger partial charge in [0, 0.05) is 27.8 Å². The van der Waals surface area contributed by atoms with E-state index in [1.54, 1.807) is 18.2 Å². The summed E-state index contributed by atoms with van der Waals surface area (Å²) in [5, 5.41) is 11.0. The molecule has 5 N–H and O–H groups in total. The number of amides is 2. The molecule has 0 radical (unpaired) electrons. The largest absolute Gasteiger partial charge is 0.507 e. The van der Waals surface area contributed by atoms with Gasteiger partial charge in [-0.1, -0.05) is 30.3 Å². The second-order valence-corrected chi connectivity index (χ2v) is 6.29. The van der Waals surface area contributed by atoms with Gasteiger partial charge in [0.15, 0.2) is 0 Å². The third-order valence-electron chi connectivity index (χ3n) is 5.04. The van der Waals surface area contributed by atoms with E-state index in [0.717, 1.165) is 22.3 Å². The Kier molecular flexibility index (Phi) is 2.36. The average molecular weight is 328 g/mol. The summed E-state index contributed by atoms with van der Waals surface area (Å²) in [6, 6.07) is 12.9. The first kappa shape index (κ1) is 13.8. The fourth-order valence-electron chi connectivity index (χ4n) is 4.02. The summed E-state index contributed by atoms with van der Waals surface area (Å²) in [7, 11) is 0. The summed E-state index contributed by atoms with van der Waals surface area (Å²) < 4.78 is 0. The van der Waals surface area contributed by atoms with Crippen LogP contribution in [0.15, 0.2) is 42.5 Å². The van der Waals surface area contributed by atoms with Crippen molar-refractivity contribution in [1.29, 1.82) is 0 Å². The lowest BCUT2D eigenvalue weighted by Crippen LogP contribution is -2.18. The molecular formula is C20H12N2O3. The SMILES string of the molecule is NC(=O)c1ccc2c(C(N)=O)c1-c1cc3c-2c(c1O)-c1ccc-3cc1. The maximum atomic E-state index is 12.2. The highest BCUT2D eigenvalue weighted by atomic mass is 16.3. The van der Waals surface area contributed by atoms with E-state index >= 15 is 0 Å². The summed E-state index contributed by atoms with van der Waals surface area (Å²) in [5.74, 6) is -1.31. The number of carbonyl (C=O) groups is 2. The minimum Gasteiger partial charge on any atom is -0.507 e. The summed E-state index contributed by atoms with van der Waals surface area (Å²) in [4.78, 5) is 24.2. The molecule has 0 saturated heterocycles. The Morgan fingerprint density at radius 1 is 0.720 bits per heavy atom. The number of fused-ring (bicyclic) bond motifs is 2. The topological polar surface area (TPSA) is 106 Å². The van der Waals surface area contributed by atoms with E-state index in [1.807, 2.05) is 24.3 Å². The minimum atomic E-state index is -0.675. The molecule has 0 unspecified atom stereocenters. The number of aromatic hydroxyl groups is 1. The number of primary amides is 2. The summed E-state index contributed by atoms with van der Waals surface area (Å²) in [5.41, 5.74) is 17.0. The van der Waals surface area contributed by atoms with Gasteiger partial charge in [-0.25, -0.2) is 0 Å². The van der Waals surface area contributed by atoms with Crippen molar-refractivity contribution in [2.24, 2.45) is 11.5 Å². The van der Waals surface area contributed by atoms with Crippen LogP contribution in [0.3, 0.4) is 0 Å². The first-order valence-electron chi connectivity index (χ1n) is 7.77. The number of nitrogens with two attached hydrogens (primary N) is 2.